The van der Waals surface area contributed by atoms with Gasteiger partial charge in [-0.15, -0.1) is 0 Å². The normalized spacial score (nSPS) is 12.3. The summed E-state index contributed by atoms with van der Waals surface area (Å²) in [5.41, 5.74) is 0. The van der Waals surface area contributed by atoms with Gasteiger partial charge in [-0.3, -0.25) is 0 Å². The lowest BCUT2D eigenvalue weighted by Gasteiger charge is -2.09. The number of carbonyl (C=O) groups excluding carboxylic acids is 1. The molecule has 0 aliphatic rings. The van der Waals surface area contributed by atoms with E-state index in [-0.39, 0.29) is 13.2 Å². The molecule has 0 fully saturated rings. The van der Waals surface area contributed by atoms with Crippen LogP contribution in [-0.4, -0.2) is 35.5 Å². The molecule has 0 bridgehead atoms. The van der Waals surface area contributed by atoms with Gasteiger partial charge in [0.15, 0.2) is 6.10 Å². The highest BCUT2D eigenvalue weighted by molar-refractivity contribution is 5.74. The predicted octanol–water partition coefficient (Wildman–Crippen LogP) is 3.97. The van der Waals surface area contributed by atoms with Gasteiger partial charge in [0.2, 0.25) is 0 Å². The van der Waals surface area contributed by atoms with Gasteiger partial charge in [0.1, 0.15) is 6.61 Å². The lowest BCUT2D eigenvalue weighted by molar-refractivity contribution is -0.154. The second-order valence-electron chi connectivity index (χ2n) is 6.08. The molecule has 0 aromatic heterocycles. The van der Waals surface area contributed by atoms with Gasteiger partial charge >= 0.3 is 5.97 Å². The Morgan fingerprint density at radius 1 is 0.864 bits per heavy atom. The fourth-order valence-corrected chi connectivity index (χ4v) is 2.54. The molecule has 0 radical (unpaired) electrons. The maximum absolute atomic E-state index is 11.3. The van der Waals surface area contributed by atoms with Gasteiger partial charge in [-0.1, -0.05) is 84.0 Å². The smallest absolute Gasteiger partial charge is 0.335 e. The summed E-state index contributed by atoms with van der Waals surface area (Å²) in [4.78, 5) is 11.3. The molecule has 4 heteroatoms. The third-order valence-electron chi connectivity index (χ3n) is 3.94. The van der Waals surface area contributed by atoms with Crippen LogP contribution in [0.4, 0.5) is 0 Å². The number of hydrogen-bond donors (Lipinski definition) is 2. The van der Waals surface area contributed by atoms with Crippen molar-refractivity contribution in [1.29, 1.82) is 0 Å². The SMILES string of the molecule is CCCCCCCCCCCCCCC(O)C(=O)OCCO. The minimum Gasteiger partial charge on any atom is -0.461 e. The van der Waals surface area contributed by atoms with Crippen molar-refractivity contribution in [3.05, 3.63) is 0 Å². The quantitative estimate of drug-likeness (QED) is 0.334. The molecule has 4 nitrogen and oxygen atoms in total. The van der Waals surface area contributed by atoms with Gasteiger partial charge in [0, 0.05) is 0 Å². The lowest BCUT2D eigenvalue weighted by atomic mass is 10.0. The average Bonchev–Trinajstić information content (AvgIpc) is 2.53. The number of hydrogen-bond acceptors (Lipinski definition) is 4. The Balaban J connectivity index is 3.21. The number of ether oxygens (including phenoxy) is 1. The van der Waals surface area contributed by atoms with E-state index in [1.165, 1.54) is 64.2 Å². The Bertz CT molecular complexity index is 243. The van der Waals surface area contributed by atoms with Crippen LogP contribution in [-0.2, 0) is 9.53 Å². The summed E-state index contributed by atoms with van der Waals surface area (Å²) < 4.78 is 4.67. The summed E-state index contributed by atoms with van der Waals surface area (Å²) in [6, 6.07) is 0. The molecule has 0 saturated carbocycles. The molecule has 0 aliphatic heterocycles. The van der Waals surface area contributed by atoms with E-state index in [9.17, 15) is 9.90 Å². The first-order valence-electron chi connectivity index (χ1n) is 9.18. The highest BCUT2D eigenvalue weighted by Gasteiger charge is 2.15. The number of esters is 1. The highest BCUT2D eigenvalue weighted by atomic mass is 16.6. The molecule has 2 N–H and O–H groups in total. The fraction of sp³-hybridized carbons (Fsp3) is 0.944. The number of aliphatic hydroxyl groups is 2. The van der Waals surface area contributed by atoms with Crippen molar-refractivity contribution in [2.45, 2.75) is 96.5 Å². The average molecular weight is 316 g/mol. The maximum atomic E-state index is 11.3. The van der Waals surface area contributed by atoms with Crippen molar-refractivity contribution in [1.82, 2.24) is 0 Å². The monoisotopic (exact) mass is 316 g/mol. The van der Waals surface area contributed by atoms with Crippen molar-refractivity contribution in [3.8, 4) is 0 Å². The predicted molar refractivity (Wildman–Crippen MR) is 89.7 cm³/mol. The molecule has 0 rings (SSSR count). The van der Waals surface area contributed by atoms with Gasteiger partial charge in [-0.05, 0) is 6.42 Å². The first-order chi connectivity index (χ1) is 10.7. The van der Waals surface area contributed by atoms with Crippen LogP contribution in [0.3, 0.4) is 0 Å². The van der Waals surface area contributed by atoms with Gasteiger partial charge in [0.05, 0.1) is 6.61 Å². The Morgan fingerprint density at radius 3 is 1.77 bits per heavy atom. The molecule has 0 saturated heterocycles. The van der Waals surface area contributed by atoms with Crippen LogP contribution in [0.5, 0.6) is 0 Å². The van der Waals surface area contributed by atoms with Crippen LogP contribution in [0.1, 0.15) is 90.4 Å². The number of unbranched alkanes of at least 4 members (excludes halogenated alkanes) is 11. The first-order valence-corrected chi connectivity index (χ1v) is 9.18. The summed E-state index contributed by atoms with van der Waals surface area (Å²) in [7, 11) is 0. The largest absolute Gasteiger partial charge is 0.461 e. The Labute approximate surface area is 136 Å². The van der Waals surface area contributed by atoms with E-state index in [0.717, 1.165) is 12.8 Å². The molecule has 0 amide bonds. The topological polar surface area (TPSA) is 66.8 Å². The van der Waals surface area contributed by atoms with Crippen molar-refractivity contribution in [3.63, 3.8) is 0 Å². The van der Waals surface area contributed by atoms with Gasteiger partial charge < -0.3 is 14.9 Å². The van der Waals surface area contributed by atoms with Crippen molar-refractivity contribution in [2.24, 2.45) is 0 Å². The lowest BCUT2D eigenvalue weighted by Crippen LogP contribution is -2.24. The van der Waals surface area contributed by atoms with E-state index in [1.54, 1.807) is 0 Å². The molecule has 0 spiro atoms. The van der Waals surface area contributed by atoms with Crippen LogP contribution in [0, 0.1) is 0 Å². The van der Waals surface area contributed by atoms with Crippen molar-refractivity contribution < 1.29 is 19.7 Å². The molecular formula is C18H36O4. The molecule has 0 aromatic carbocycles. The van der Waals surface area contributed by atoms with E-state index in [0.29, 0.717) is 6.42 Å². The highest BCUT2D eigenvalue weighted by Crippen LogP contribution is 2.13. The molecule has 132 valence electrons. The standard InChI is InChI=1S/C18H36O4/c1-2-3-4-5-6-7-8-9-10-11-12-13-14-17(20)18(21)22-16-15-19/h17,19-20H,2-16H2,1H3. The van der Waals surface area contributed by atoms with Crippen molar-refractivity contribution >= 4 is 5.97 Å². The minimum atomic E-state index is -1.03. The summed E-state index contributed by atoms with van der Waals surface area (Å²) in [5, 5.41) is 18.1. The van der Waals surface area contributed by atoms with Crippen LogP contribution in [0.15, 0.2) is 0 Å². The molecule has 1 atom stereocenters. The zero-order valence-electron chi connectivity index (χ0n) is 14.4. The number of rotatable bonds is 16. The van der Waals surface area contributed by atoms with Crippen LogP contribution in [0.25, 0.3) is 0 Å². The first kappa shape index (κ1) is 21.4. The van der Waals surface area contributed by atoms with Crippen LogP contribution in [0.2, 0.25) is 0 Å². The molecule has 1 unspecified atom stereocenters. The van der Waals surface area contributed by atoms with E-state index in [4.69, 9.17) is 5.11 Å². The minimum absolute atomic E-state index is 0.0334. The zero-order valence-corrected chi connectivity index (χ0v) is 14.4. The summed E-state index contributed by atoms with van der Waals surface area (Å²) >= 11 is 0. The zero-order chi connectivity index (χ0) is 16.5. The molecule has 0 heterocycles. The molecular weight excluding hydrogens is 280 g/mol. The van der Waals surface area contributed by atoms with E-state index in [2.05, 4.69) is 11.7 Å². The second kappa shape index (κ2) is 16.8. The van der Waals surface area contributed by atoms with Crippen LogP contribution < -0.4 is 0 Å². The summed E-state index contributed by atoms with van der Waals surface area (Å²) in [6.45, 7) is 2.02. The third-order valence-corrected chi connectivity index (χ3v) is 3.94. The number of carbonyl (C=O) groups is 1. The Kier molecular flexibility index (Phi) is 16.3. The second-order valence-corrected chi connectivity index (χ2v) is 6.08. The van der Waals surface area contributed by atoms with Crippen molar-refractivity contribution in [2.75, 3.05) is 13.2 Å². The van der Waals surface area contributed by atoms with Gasteiger partial charge in [-0.2, -0.15) is 0 Å². The fourth-order valence-electron chi connectivity index (χ4n) is 2.54. The number of aliphatic hydroxyl groups excluding tert-OH is 2. The summed E-state index contributed by atoms with van der Waals surface area (Å²) in [6.07, 6.45) is 14.6. The van der Waals surface area contributed by atoms with E-state index >= 15 is 0 Å². The third kappa shape index (κ3) is 14.3. The van der Waals surface area contributed by atoms with E-state index in [1.807, 2.05) is 0 Å². The van der Waals surface area contributed by atoms with Gasteiger partial charge in [-0.25, -0.2) is 4.79 Å². The Morgan fingerprint density at radius 2 is 1.32 bits per heavy atom. The Hall–Kier alpha value is -0.610. The van der Waals surface area contributed by atoms with Crippen LogP contribution >= 0.6 is 0 Å². The van der Waals surface area contributed by atoms with Gasteiger partial charge in [0.25, 0.3) is 0 Å². The molecule has 0 aliphatic carbocycles. The molecule has 0 aromatic rings. The van der Waals surface area contributed by atoms with E-state index < -0.39 is 12.1 Å². The summed E-state index contributed by atoms with van der Waals surface area (Å²) in [5.74, 6) is -0.614. The molecule has 22 heavy (non-hydrogen) atoms. The maximum Gasteiger partial charge on any atom is 0.335 e.